The normalized spacial score (nSPS) is 12.2. The summed E-state index contributed by atoms with van der Waals surface area (Å²) in [6, 6.07) is 2.40. The molecular weight excluding hydrogens is 249 g/mol. The Hall–Kier alpha value is -1.82. The first kappa shape index (κ1) is 15.2. The maximum atomic E-state index is 13.8. The number of carbonyl (C=O) groups excluding carboxylic acids is 1. The number of amides is 1. The van der Waals surface area contributed by atoms with Crippen molar-refractivity contribution in [1.29, 1.82) is 0 Å². The fourth-order valence-electron chi connectivity index (χ4n) is 1.88. The lowest BCUT2D eigenvalue weighted by molar-refractivity contribution is 0.100. The molecule has 0 saturated carbocycles. The number of rotatable bonds is 7. The van der Waals surface area contributed by atoms with Gasteiger partial charge in [-0.05, 0) is 18.6 Å². The maximum Gasteiger partial charge on any atom is 0.250 e. The maximum absolute atomic E-state index is 13.8. The first-order chi connectivity index (χ1) is 8.99. The molecule has 19 heavy (non-hydrogen) atoms. The minimum Gasteiger partial charge on any atom is -0.398 e. The van der Waals surface area contributed by atoms with Gasteiger partial charge in [-0.1, -0.05) is 13.3 Å². The van der Waals surface area contributed by atoms with Crippen molar-refractivity contribution < 1.29 is 13.9 Å². The van der Waals surface area contributed by atoms with Gasteiger partial charge in [-0.3, -0.25) is 4.79 Å². The summed E-state index contributed by atoms with van der Waals surface area (Å²) < 4.78 is 18.9. The molecular formula is C13H20FN3O2. The Balaban J connectivity index is 2.98. The summed E-state index contributed by atoms with van der Waals surface area (Å²) in [6.45, 7) is 2.47. The van der Waals surface area contributed by atoms with E-state index in [9.17, 15) is 9.18 Å². The fraction of sp³-hybridized carbons (Fsp3) is 0.462. The first-order valence-electron chi connectivity index (χ1n) is 6.13. The Morgan fingerprint density at radius 3 is 2.74 bits per heavy atom. The molecule has 1 atom stereocenters. The number of carbonyl (C=O) groups is 1. The molecule has 5 nitrogen and oxygen atoms in total. The SMILES string of the molecule is CCCC(COC)Nc1cc(C(N)=O)c(N)cc1F. The van der Waals surface area contributed by atoms with Crippen molar-refractivity contribution in [2.24, 2.45) is 5.73 Å². The number of benzene rings is 1. The van der Waals surface area contributed by atoms with E-state index in [0.717, 1.165) is 18.9 Å². The quantitative estimate of drug-likeness (QED) is 0.657. The van der Waals surface area contributed by atoms with Crippen LogP contribution in [0.2, 0.25) is 0 Å². The molecule has 0 fully saturated rings. The van der Waals surface area contributed by atoms with Gasteiger partial charge in [0, 0.05) is 18.8 Å². The van der Waals surface area contributed by atoms with Crippen LogP contribution in [0.25, 0.3) is 0 Å². The molecule has 1 aromatic rings. The number of hydrogen-bond acceptors (Lipinski definition) is 4. The Morgan fingerprint density at radius 1 is 1.53 bits per heavy atom. The third kappa shape index (κ3) is 4.10. The van der Waals surface area contributed by atoms with E-state index in [2.05, 4.69) is 5.32 Å². The highest BCUT2D eigenvalue weighted by Gasteiger charge is 2.15. The minimum absolute atomic E-state index is 0.0335. The summed E-state index contributed by atoms with van der Waals surface area (Å²) >= 11 is 0. The van der Waals surface area contributed by atoms with Crippen LogP contribution in [-0.2, 0) is 4.74 Å². The average Bonchev–Trinajstić information content (AvgIpc) is 2.32. The zero-order valence-electron chi connectivity index (χ0n) is 11.2. The van der Waals surface area contributed by atoms with Gasteiger partial charge in [0.15, 0.2) is 0 Å². The van der Waals surface area contributed by atoms with Crippen molar-refractivity contribution in [3.8, 4) is 0 Å². The van der Waals surface area contributed by atoms with E-state index in [1.807, 2.05) is 6.92 Å². The number of nitrogens with one attached hydrogen (secondary N) is 1. The van der Waals surface area contributed by atoms with Crippen molar-refractivity contribution in [3.05, 3.63) is 23.5 Å². The highest BCUT2D eigenvalue weighted by Crippen LogP contribution is 2.23. The van der Waals surface area contributed by atoms with E-state index in [1.165, 1.54) is 6.07 Å². The number of ether oxygens (including phenoxy) is 1. The second kappa shape index (κ2) is 6.94. The molecule has 0 bridgehead atoms. The lowest BCUT2D eigenvalue weighted by atomic mass is 10.1. The Kier molecular flexibility index (Phi) is 5.57. The predicted molar refractivity (Wildman–Crippen MR) is 73.5 cm³/mol. The monoisotopic (exact) mass is 269 g/mol. The van der Waals surface area contributed by atoms with E-state index in [4.69, 9.17) is 16.2 Å². The minimum atomic E-state index is -0.681. The van der Waals surface area contributed by atoms with Crippen LogP contribution in [0.1, 0.15) is 30.1 Å². The number of hydrogen-bond donors (Lipinski definition) is 3. The standard InChI is InChI=1S/C13H20FN3O2/c1-3-4-8(7-19-2)17-12-5-9(13(16)18)11(15)6-10(12)14/h5-6,8,17H,3-4,7,15H2,1-2H3,(H2,16,18). The molecule has 1 unspecified atom stereocenters. The number of methoxy groups -OCH3 is 1. The lowest BCUT2D eigenvalue weighted by Gasteiger charge is -2.19. The van der Waals surface area contributed by atoms with Gasteiger partial charge >= 0.3 is 0 Å². The largest absolute Gasteiger partial charge is 0.398 e. The zero-order valence-corrected chi connectivity index (χ0v) is 11.2. The molecule has 1 aromatic carbocycles. The van der Waals surface area contributed by atoms with E-state index in [1.54, 1.807) is 7.11 Å². The molecule has 0 aromatic heterocycles. The molecule has 1 rings (SSSR count). The van der Waals surface area contributed by atoms with E-state index in [0.29, 0.717) is 6.61 Å². The molecule has 0 radical (unpaired) electrons. The Labute approximate surface area is 112 Å². The number of anilines is 2. The molecule has 0 aliphatic heterocycles. The number of nitrogen functional groups attached to an aromatic ring is 1. The molecule has 6 heteroatoms. The van der Waals surface area contributed by atoms with Crippen molar-refractivity contribution in [2.45, 2.75) is 25.8 Å². The van der Waals surface area contributed by atoms with E-state index >= 15 is 0 Å². The van der Waals surface area contributed by atoms with Gasteiger partial charge in [0.2, 0.25) is 0 Å². The van der Waals surface area contributed by atoms with E-state index < -0.39 is 11.7 Å². The molecule has 0 spiro atoms. The Morgan fingerprint density at radius 2 is 2.21 bits per heavy atom. The second-order valence-corrected chi connectivity index (χ2v) is 4.37. The van der Waals surface area contributed by atoms with Crippen LogP contribution < -0.4 is 16.8 Å². The van der Waals surface area contributed by atoms with Crippen LogP contribution in [0.15, 0.2) is 12.1 Å². The van der Waals surface area contributed by atoms with Crippen LogP contribution in [-0.4, -0.2) is 25.7 Å². The van der Waals surface area contributed by atoms with Crippen LogP contribution in [0.5, 0.6) is 0 Å². The van der Waals surface area contributed by atoms with E-state index in [-0.39, 0.29) is 23.0 Å². The van der Waals surface area contributed by atoms with Crippen LogP contribution in [0.4, 0.5) is 15.8 Å². The third-order valence-electron chi connectivity index (χ3n) is 2.77. The van der Waals surface area contributed by atoms with Crippen LogP contribution in [0, 0.1) is 5.82 Å². The summed E-state index contributed by atoms with van der Waals surface area (Å²) in [6.07, 6.45) is 1.75. The summed E-state index contributed by atoms with van der Waals surface area (Å²) in [5, 5.41) is 3.01. The topological polar surface area (TPSA) is 90.4 Å². The lowest BCUT2D eigenvalue weighted by Crippen LogP contribution is -2.25. The molecule has 0 heterocycles. The molecule has 1 amide bonds. The van der Waals surface area contributed by atoms with Gasteiger partial charge in [-0.15, -0.1) is 0 Å². The summed E-state index contributed by atoms with van der Waals surface area (Å²) in [7, 11) is 1.58. The van der Waals surface area contributed by atoms with Crippen molar-refractivity contribution >= 4 is 17.3 Å². The molecule has 0 aliphatic rings. The number of primary amides is 1. The zero-order chi connectivity index (χ0) is 14.4. The van der Waals surface area contributed by atoms with Gasteiger partial charge in [0.1, 0.15) is 5.82 Å². The van der Waals surface area contributed by atoms with Crippen LogP contribution in [0.3, 0.4) is 0 Å². The summed E-state index contributed by atoms with van der Waals surface area (Å²) in [4.78, 5) is 11.2. The highest BCUT2D eigenvalue weighted by molar-refractivity contribution is 5.99. The van der Waals surface area contributed by atoms with Crippen molar-refractivity contribution in [3.63, 3.8) is 0 Å². The predicted octanol–water partition coefficient (Wildman–Crippen LogP) is 1.73. The Bertz CT molecular complexity index is 446. The smallest absolute Gasteiger partial charge is 0.250 e. The first-order valence-corrected chi connectivity index (χ1v) is 6.13. The van der Waals surface area contributed by atoms with Gasteiger partial charge in [0.05, 0.1) is 17.9 Å². The molecule has 106 valence electrons. The third-order valence-corrected chi connectivity index (χ3v) is 2.77. The van der Waals surface area contributed by atoms with Gasteiger partial charge in [-0.25, -0.2) is 4.39 Å². The highest BCUT2D eigenvalue weighted by atomic mass is 19.1. The summed E-state index contributed by atoms with van der Waals surface area (Å²) in [5.41, 5.74) is 11.1. The van der Waals surface area contributed by atoms with Crippen LogP contribution >= 0.6 is 0 Å². The number of nitrogens with two attached hydrogens (primary N) is 2. The van der Waals surface area contributed by atoms with Gasteiger partial charge in [-0.2, -0.15) is 0 Å². The second-order valence-electron chi connectivity index (χ2n) is 4.37. The summed E-state index contributed by atoms with van der Waals surface area (Å²) in [5.74, 6) is -1.20. The number of halogens is 1. The van der Waals surface area contributed by atoms with Crippen molar-refractivity contribution in [2.75, 3.05) is 24.8 Å². The average molecular weight is 269 g/mol. The molecule has 0 aliphatic carbocycles. The molecule has 5 N–H and O–H groups in total. The molecule has 0 saturated heterocycles. The van der Waals surface area contributed by atoms with Crippen molar-refractivity contribution in [1.82, 2.24) is 0 Å². The van der Waals surface area contributed by atoms with Gasteiger partial charge < -0.3 is 21.5 Å². The van der Waals surface area contributed by atoms with Gasteiger partial charge in [0.25, 0.3) is 5.91 Å². The fourth-order valence-corrected chi connectivity index (χ4v) is 1.88.